The Bertz CT molecular complexity index is 312. The van der Waals surface area contributed by atoms with Gasteiger partial charge in [0.05, 0.1) is 6.07 Å². The fraction of sp³-hybridized carbons (Fsp3) is 0.882. The molecule has 116 valence electrons. The number of nitriles is 1. The average Bonchev–Trinajstić information content (AvgIpc) is 2.35. The first kappa shape index (κ1) is 19.0. The lowest BCUT2D eigenvalue weighted by Gasteiger charge is -2.34. The van der Waals surface area contributed by atoms with E-state index in [0.29, 0.717) is 24.7 Å². The quantitative estimate of drug-likeness (QED) is 0.634. The van der Waals surface area contributed by atoms with Crippen LogP contribution in [0.5, 0.6) is 0 Å². The number of rotatable bonds is 9. The third kappa shape index (κ3) is 5.53. The van der Waals surface area contributed by atoms with Crippen LogP contribution in [0.2, 0.25) is 0 Å². The molecule has 0 saturated carbocycles. The van der Waals surface area contributed by atoms with Crippen molar-refractivity contribution in [3.63, 3.8) is 0 Å². The molecule has 3 nitrogen and oxygen atoms in total. The second-order valence-corrected chi connectivity index (χ2v) is 6.69. The summed E-state index contributed by atoms with van der Waals surface area (Å²) in [5.41, 5.74) is -0.812. The van der Waals surface area contributed by atoms with E-state index in [2.05, 4.69) is 33.8 Å². The van der Waals surface area contributed by atoms with E-state index in [1.54, 1.807) is 0 Å². The third-order valence-electron chi connectivity index (χ3n) is 3.44. The van der Waals surface area contributed by atoms with Crippen molar-refractivity contribution in [2.24, 2.45) is 17.3 Å². The maximum atomic E-state index is 13.0. The van der Waals surface area contributed by atoms with E-state index >= 15 is 0 Å². The topological polar surface area (TPSA) is 44.1 Å². The molecule has 0 heterocycles. The minimum atomic E-state index is -0.812. The molecule has 0 fully saturated rings. The molecule has 0 atom stereocenters. The van der Waals surface area contributed by atoms with Crippen molar-refractivity contribution in [3.05, 3.63) is 0 Å². The van der Waals surface area contributed by atoms with E-state index in [-0.39, 0.29) is 5.91 Å². The summed E-state index contributed by atoms with van der Waals surface area (Å²) in [7, 11) is 0. The predicted molar refractivity (Wildman–Crippen MR) is 84.1 cm³/mol. The highest BCUT2D eigenvalue weighted by Crippen LogP contribution is 2.32. The van der Waals surface area contributed by atoms with E-state index in [4.69, 9.17) is 0 Å². The Kier molecular flexibility index (Phi) is 8.53. The van der Waals surface area contributed by atoms with Gasteiger partial charge >= 0.3 is 0 Å². The molecular weight excluding hydrogens is 248 g/mol. The van der Waals surface area contributed by atoms with E-state index < -0.39 is 5.41 Å². The fourth-order valence-corrected chi connectivity index (χ4v) is 2.78. The van der Waals surface area contributed by atoms with Gasteiger partial charge in [0.15, 0.2) is 0 Å². The summed E-state index contributed by atoms with van der Waals surface area (Å²) >= 11 is 0. The molecular formula is C17H32N2O. The lowest BCUT2D eigenvalue weighted by molar-refractivity contribution is -0.141. The van der Waals surface area contributed by atoms with E-state index in [1.807, 2.05) is 18.7 Å². The molecule has 3 heteroatoms. The highest BCUT2D eigenvalue weighted by molar-refractivity contribution is 5.85. The summed E-state index contributed by atoms with van der Waals surface area (Å²) < 4.78 is 0. The van der Waals surface area contributed by atoms with Crippen molar-refractivity contribution in [2.75, 3.05) is 13.1 Å². The Balaban J connectivity index is 5.27. The maximum Gasteiger partial charge on any atom is 0.243 e. The van der Waals surface area contributed by atoms with Crippen LogP contribution in [0.15, 0.2) is 0 Å². The van der Waals surface area contributed by atoms with E-state index in [0.717, 1.165) is 25.9 Å². The summed E-state index contributed by atoms with van der Waals surface area (Å²) in [6.07, 6.45) is 3.08. The van der Waals surface area contributed by atoms with Gasteiger partial charge in [0.25, 0.3) is 0 Å². The summed E-state index contributed by atoms with van der Waals surface area (Å²) in [6, 6.07) is 2.35. The van der Waals surface area contributed by atoms with Crippen molar-refractivity contribution >= 4 is 5.91 Å². The first-order chi connectivity index (χ1) is 9.32. The molecule has 0 N–H and O–H groups in total. The first-order valence-electron chi connectivity index (χ1n) is 8.03. The van der Waals surface area contributed by atoms with Crippen LogP contribution < -0.4 is 0 Å². The Hall–Kier alpha value is -1.04. The molecule has 0 aromatic carbocycles. The Labute approximate surface area is 125 Å². The number of amides is 1. The van der Waals surface area contributed by atoms with Crippen LogP contribution in [-0.4, -0.2) is 23.9 Å². The van der Waals surface area contributed by atoms with Gasteiger partial charge in [-0.2, -0.15) is 5.26 Å². The number of hydrogen-bond donors (Lipinski definition) is 0. The summed E-state index contributed by atoms with van der Waals surface area (Å²) in [6.45, 7) is 14.1. The number of nitrogens with zero attached hydrogens (tertiary/aromatic N) is 2. The predicted octanol–water partition coefficient (Wildman–Crippen LogP) is 4.24. The average molecular weight is 280 g/mol. The zero-order valence-corrected chi connectivity index (χ0v) is 14.2. The van der Waals surface area contributed by atoms with Gasteiger partial charge in [0.2, 0.25) is 5.91 Å². The molecule has 0 bridgehead atoms. The van der Waals surface area contributed by atoms with Gasteiger partial charge in [0, 0.05) is 13.1 Å². The molecule has 0 aromatic rings. The van der Waals surface area contributed by atoms with Crippen LogP contribution in [0.3, 0.4) is 0 Å². The van der Waals surface area contributed by atoms with E-state index in [9.17, 15) is 10.1 Å². The fourth-order valence-electron chi connectivity index (χ4n) is 2.78. The lowest BCUT2D eigenvalue weighted by atomic mass is 9.79. The molecule has 0 saturated heterocycles. The second-order valence-electron chi connectivity index (χ2n) is 6.69. The Morgan fingerprint density at radius 1 is 1.05 bits per heavy atom. The second kappa shape index (κ2) is 9.00. The minimum Gasteiger partial charge on any atom is -0.341 e. The third-order valence-corrected chi connectivity index (χ3v) is 3.44. The van der Waals surface area contributed by atoms with Crippen molar-refractivity contribution in [1.29, 1.82) is 5.26 Å². The number of hydrogen-bond acceptors (Lipinski definition) is 2. The highest BCUT2D eigenvalue weighted by Gasteiger charge is 2.40. The van der Waals surface area contributed by atoms with Crippen molar-refractivity contribution in [3.8, 4) is 6.07 Å². The Morgan fingerprint density at radius 2 is 1.45 bits per heavy atom. The van der Waals surface area contributed by atoms with Gasteiger partial charge in [-0.1, -0.05) is 54.4 Å². The van der Waals surface area contributed by atoms with Crippen LogP contribution in [0.1, 0.15) is 67.2 Å². The summed E-state index contributed by atoms with van der Waals surface area (Å²) in [5, 5.41) is 9.63. The van der Waals surface area contributed by atoms with Gasteiger partial charge in [0.1, 0.15) is 5.41 Å². The largest absolute Gasteiger partial charge is 0.341 e. The molecule has 0 radical (unpaired) electrons. The van der Waals surface area contributed by atoms with Gasteiger partial charge in [-0.05, 0) is 24.7 Å². The normalized spacial score (nSPS) is 11.8. The monoisotopic (exact) mass is 280 g/mol. The SMILES string of the molecule is CCCC(C#N)(CCC)C(=O)N(CC(C)C)CC(C)C. The van der Waals surface area contributed by atoms with Crippen LogP contribution in [0, 0.1) is 28.6 Å². The summed E-state index contributed by atoms with van der Waals surface area (Å²) in [4.78, 5) is 14.9. The molecule has 0 aliphatic carbocycles. The molecule has 1 amide bonds. The van der Waals surface area contributed by atoms with Crippen molar-refractivity contribution < 1.29 is 4.79 Å². The molecule has 20 heavy (non-hydrogen) atoms. The first-order valence-corrected chi connectivity index (χ1v) is 8.03. The standard InChI is InChI=1S/C17H32N2O/c1-7-9-17(13-18,10-8-2)16(20)19(11-14(3)4)12-15(5)6/h14-15H,7-12H2,1-6H3. The van der Waals surface area contributed by atoms with Crippen LogP contribution in [-0.2, 0) is 4.79 Å². The Morgan fingerprint density at radius 3 is 1.70 bits per heavy atom. The van der Waals surface area contributed by atoms with Gasteiger partial charge in [-0.25, -0.2) is 0 Å². The van der Waals surface area contributed by atoms with E-state index in [1.165, 1.54) is 0 Å². The molecule has 0 spiro atoms. The van der Waals surface area contributed by atoms with Crippen LogP contribution in [0.4, 0.5) is 0 Å². The lowest BCUT2D eigenvalue weighted by Crippen LogP contribution is -2.46. The number of carbonyl (C=O) groups excluding carboxylic acids is 1. The van der Waals surface area contributed by atoms with Gasteiger partial charge in [-0.3, -0.25) is 4.79 Å². The van der Waals surface area contributed by atoms with Crippen LogP contribution >= 0.6 is 0 Å². The zero-order valence-electron chi connectivity index (χ0n) is 14.2. The molecule has 0 aliphatic rings. The van der Waals surface area contributed by atoms with Crippen molar-refractivity contribution in [2.45, 2.75) is 67.2 Å². The summed E-state index contributed by atoms with van der Waals surface area (Å²) in [5.74, 6) is 0.904. The maximum absolute atomic E-state index is 13.0. The molecule has 0 unspecified atom stereocenters. The van der Waals surface area contributed by atoms with Gasteiger partial charge in [-0.15, -0.1) is 0 Å². The molecule has 0 rings (SSSR count). The highest BCUT2D eigenvalue weighted by atomic mass is 16.2. The number of carbonyl (C=O) groups is 1. The van der Waals surface area contributed by atoms with Crippen molar-refractivity contribution in [1.82, 2.24) is 4.90 Å². The molecule has 0 aliphatic heterocycles. The zero-order chi connectivity index (χ0) is 15.8. The van der Waals surface area contributed by atoms with Crippen LogP contribution in [0.25, 0.3) is 0 Å². The minimum absolute atomic E-state index is 0.0473. The van der Waals surface area contributed by atoms with Gasteiger partial charge < -0.3 is 4.90 Å². The molecule has 0 aromatic heterocycles. The smallest absolute Gasteiger partial charge is 0.243 e.